The summed E-state index contributed by atoms with van der Waals surface area (Å²) in [5, 5.41) is 11.2. The summed E-state index contributed by atoms with van der Waals surface area (Å²) in [5.74, 6) is -2.16. The molecule has 0 bridgehead atoms. The highest BCUT2D eigenvalue weighted by Gasteiger charge is 2.24. The number of carbonyl (C=O) groups excluding carboxylic acids is 1. The van der Waals surface area contributed by atoms with E-state index in [1.165, 1.54) is 18.2 Å². The highest BCUT2D eigenvalue weighted by Crippen LogP contribution is 2.20. The number of hydrogen-bond acceptors (Lipinski definition) is 2. The molecule has 0 saturated heterocycles. The van der Waals surface area contributed by atoms with Gasteiger partial charge in [-0.25, -0.2) is 9.18 Å². The van der Waals surface area contributed by atoms with Gasteiger partial charge in [-0.15, -0.1) is 0 Å². The van der Waals surface area contributed by atoms with Crippen LogP contribution in [0.2, 0.25) is 0 Å². The van der Waals surface area contributed by atoms with Gasteiger partial charge in [0.1, 0.15) is 5.82 Å². The zero-order chi connectivity index (χ0) is 13.1. The molecule has 1 amide bonds. The topological polar surface area (TPSA) is 66.4 Å². The van der Waals surface area contributed by atoms with Crippen LogP contribution in [0.5, 0.6) is 0 Å². The molecule has 1 aliphatic rings. The van der Waals surface area contributed by atoms with Crippen LogP contribution < -0.4 is 5.32 Å². The predicted molar refractivity (Wildman–Crippen MR) is 63.6 cm³/mol. The number of amides is 1. The molecule has 5 heteroatoms. The maximum atomic E-state index is 13.5. The van der Waals surface area contributed by atoms with Crippen LogP contribution in [0.1, 0.15) is 28.8 Å². The van der Waals surface area contributed by atoms with E-state index in [1.54, 1.807) is 0 Å². The van der Waals surface area contributed by atoms with Gasteiger partial charge < -0.3 is 10.4 Å². The maximum Gasteiger partial charge on any atom is 0.328 e. The first-order valence-corrected chi connectivity index (χ1v) is 5.57. The summed E-state index contributed by atoms with van der Waals surface area (Å²) in [7, 11) is 0. The minimum atomic E-state index is -1.09. The molecule has 0 radical (unpaired) electrons. The van der Waals surface area contributed by atoms with Crippen LogP contribution in [0.15, 0.2) is 24.3 Å². The zero-order valence-electron chi connectivity index (χ0n) is 9.52. The third-order valence-electron chi connectivity index (χ3n) is 2.57. The van der Waals surface area contributed by atoms with E-state index >= 15 is 0 Å². The van der Waals surface area contributed by atoms with Crippen molar-refractivity contribution in [3.05, 3.63) is 41.2 Å². The van der Waals surface area contributed by atoms with Gasteiger partial charge >= 0.3 is 5.97 Å². The molecule has 2 N–H and O–H groups in total. The lowest BCUT2D eigenvalue weighted by atomic mass is 10.1. The summed E-state index contributed by atoms with van der Waals surface area (Å²) in [5.41, 5.74) is 0.411. The SMILES string of the molecule is O=C(O)C=Cc1ccc(F)c(C(=O)NC2CC2)c1. The summed E-state index contributed by atoms with van der Waals surface area (Å²) >= 11 is 0. The molecular weight excluding hydrogens is 237 g/mol. The van der Waals surface area contributed by atoms with E-state index in [2.05, 4.69) is 5.32 Å². The molecule has 1 fully saturated rings. The van der Waals surface area contributed by atoms with Gasteiger partial charge in [0.15, 0.2) is 0 Å². The van der Waals surface area contributed by atoms with Crippen molar-refractivity contribution >= 4 is 18.0 Å². The van der Waals surface area contributed by atoms with Crippen molar-refractivity contribution in [1.82, 2.24) is 5.32 Å². The molecule has 0 aromatic heterocycles. The molecule has 1 saturated carbocycles. The van der Waals surface area contributed by atoms with Crippen LogP contribution in [-0.4, -0.2) is 23.0 Å². The van der Waals surface area contributed by atoms with E-state index in [4.69, 9.17) is 5.11 Å². The van der Waals surface area contributed by atoms with E-state index in [9.17, 15) is 14.0 Å². The van der Waals surface area contributed by atoms with Gasteiger partial charge in [0.2, 0.25) is 0 Å². The fourth-order valence-corrected chi connectivity index (χ4v) is 1.48. The van der Waals surface area contributed by atoms with Gasteiger partial charge in [0.25, 0.3) is 5.91 Å². The first kappa shape index (κ1) is 12.3. The lowest BCUT2D eigenvalue weighted by Gasteiger charge is -2.05. The highest BCUT2D eigenvalue weighted by atomic mass is 19.1. The molecule has 18 heavy (non-hydrogen) atoms. The van der Waals surface area contributed by atoms with E-state index in [1.807, 2.05) is 0 Å². The first-order valence-electron chi connectivity index (χ1n) is 5.57. The zero-order valence-corrected chi connectivity index (χ0v) is 9.52. The third kappa shape index (κ3) is 3.16. The molecule has 0 heterocycles. The molecule has 0 spiro atoms. The van der Waals surface area contributed by atoms with Crippen molar-refractivity contribution in [1.29, 1.82) is 0 Å². The summed E-state index contributed by atoms with van der Waals surface area (Å²) in [6, 6.07) is 4.06. The van der Waals surface area contributed by atoms with Gasteiger partial charge in [-0.3, -0.25) is 4.79 Å². The van der Waals surface area contributed by atoms with E-state index in [-0.39, 0.29) is 11.6 Å². The largest absolute Gasteiger partial charge is 0.478 e. The molecule has 1 aromatic rings. The molecule has 94 valence electrons. The standard InChI is InChI=1S/C13H12FNO3/c14-11-5-1-8(2-6-12(16)17)7-10(11)13(18)15-9-3-4-9/h1-2,5-7,9H,3-4H2,(H,15,18)(H,16,17). The van der Waals surface area contributed by atoms with Gasteiger partial charge in [-0.05, 0) is 36.6 Å². The van der Waals surface area contributed by atoms with Crippen LogP contribution in [0.3, 0.4) is 0 Å². The fraction of sp³-hybridized carbons (Fsp3) is 0.231. The summed E-state index contributed by atoms with van der Waals surface area (Å²) in [4.78, 5) is 22.1. The van der Waals surface area contributed by atoms with Crippen molar-refractivity contribution in [2.45, 2.75) is 18.9 Å². The average Bonchev–Trinajstić information content (AvgIpc) is 3.11. The van der Waals surface area contributed by atoms with Crippen LogP contribution >= 0.6 is 0 Å². The summed E-state index contributed by atoms with van der Waals surface area (Å²) < 4.78 is 13.5. The lowest BCUT2D eigenvalue weighted by Crippen LogP contribution is -2.26. The van der Waals surface area contributed by atoms with Gasteiger partial charge in [-0.2, -0.15) is 0 Å². The number of aliphatic carboxylic acids is 1. The number of hydrogen-bond donors (Lipinski definition) is 2. The lowest BCUT2D eigenvalue weighted by molar-refractivity contribution is -0.131. The van der Waals surface area contributed by atoms with Gasteiger partial charge in [-0.1, -0.05) is 6.07 Å². The first-order chi connectivity index (χ1) is 8.56. The van der Waals surface area contributed by atoms with Crippen molar-refractivity contribution in [3.63, 3.8) is 0 Å². The number of carbonyl (C=O) groups is 2. The second-order valence-corrected chi connectivity index (χ2v) is 4.16. The Morgan fingerprint density at radius 2 is 2.11 bits per heavy atom. The second-order valence-electron chi connectivity index (χ2n) is 4.16. The van der Waals surface area contributed by atoms with Crippen LogP contribution in [0.25, 0.3) is 6.08 Å². The minimum absolute atomic E-state index is 0.0607. The molecule has 1 aromatic carbocycles. The Balaban J connectivity index is 2.19. The minimum Gasteiger partial charge on any atom is -0.478 e. The van der Waals surface area contributed by atoms with E-state index in [0.29, 0.717) is 5.56 Å². The van der Waals surface area contributed by atoms with Crippen molar-refractivity contribution < 1.29 is 19.1 Å². The van der Waals surface area contributed by atoms with Crippen molar-refractivity contribution in [2.75, 3.05) is 0 Å². The molecule has 4 nitrogen and oxygen atoms in total. The molecule has 2 rings (SSSR count). The quantitative estimate of drug-likeness (QED) is 0.800. The Labute approximate surface area is 103 Å². The second kappa shape index (κ2) is 5.00. The van der Waals surface area contributed by atoms with E-state index in [0.717, 1.165) is 25.0 Å². The van der Waals surface area contributed by atoms with Crippen LogP contribution in [0.4, 0.5) is 4.39 Å². The van der Waals surface area contributed by atoms with E-state index < -0.39 is 17.7 Å². The van der Waals surface area contributed by atoms with Crippen LogP contribution in [0, 0.1) is 5.82 Å². The average molecular weight is 249 g/mol. The number of carboxylic acid groups (broad SMARTS) is 1. The summed E-state index contributed by atoms with van der Waals surface area (Å²) in [6.07, 6.45) is 4.10. The smallest absolute Gasteiger partial charge is 0.328 e. The van der Waals surface area contributed by atoms with Crippen LogP contribution in [-0.2, 0) is 4.79 Å². The monoisotopic (exact) mass is 249 g/mol. The summed E-state index contributed by atoms with van der Waals surface area (Å²) in [6.45, 7) is 0. The van der Waals surface area contributed by atoms with Crippen molar-refractivity contribution in [2.24, 2.45) is 0 Å². The van der Waals surface area contributed by atoms with Gasteiger partial charge in [0, 0.05) is 12.1 Å². The Morgan fingerprint density at radius 3 is 2.72 bits per heavy atom. The molecule has 0 unspecified atom stereocenters. The number of rotatable bonds is 4. The number of nitrogens with one attached hydrogen (secondary N) is 1. The number of benzene rings is 1. The maximum absolute atomic E-state index is 13.5. The molecule has 0 atom stereocenters. The Kier molecular flexibility index (Phi) is 3.41. The molecule has 0 aliphatic heterocycles. The fourth-order valence-electron chi connectivity index (χ4n) is 1.48. The normalized spacial score (nSPS) is 14.7. The molecule has 1 aliphatic carbocycles. The Morgan fingerprint density at radius 1 is 1.39 bits per heavy atom. The van der Waals surface area contributed by atoms with Gasteiger partial charge in [0.05, 0.1) is 5.56 Å². The third-order valence-corrected chi connectivity index (χ3v) is 2.57. The Bertz CT molecular complexity index is 521. The van der Waals surface area contributed by atoms with Crippen molar-refractivity contribution in [3.8, 4) is 0 Å². The number of halogens is 1. The predicted octanol–water partition coefficient (Wildman–Crippen LogP) is 1.82. The highest BCUT2D eigenvalue weighted by molar-refractivity contribution is 5.95. The number of carboxylic acids is 1. The molecular formula is C13H12FNO3. The Hall–Kier alpha value is -2.17.